The third-order valence-electron chi connectivity index (χ3n) is 2.14. The number of thioether (sulfide) groups is 1. The third kappa shape index (κ3) is 2.93. The van der Waals surface area contributed by atoms with E-state index in [1.807, 2.05) is 6.07 Å². The van der Waals surface area contributed by atoms with Gasteiger partial charge in [-0.15, -0.1) is 11.8 Å². The van der Waals surface area contributed by atoms with E-state index in [-0.39, 0.29) is 0 Å². The number of benzene rings is 1. The molecule has 1 aromatic carbocycles. The fraction of sp³-hybridized carbons (Fsp3) is 0.455. The SMILES string of the molecule is COc1ccc(CCCN)c(SC)c1. The standard InChI is InChI=1S/C11H17NOS/c1-13-10-6-5-9(4-3-7-12)11(8-10)14-2/h5-6,8H,3-4,7,12H2,1-2H3. The van der Waals surface area contributed by atoms with Crippen LogP contribution in [-0.2, 0) is 6.42 Å². The molecule has 0 aliphatic heterocycles. The van der Waals surface area contributed by atoms with Crippen molar-refractivity contribution in [2.45, 2.75) is 17.7 Å². The average Bonchev–Trinajstić information content (AvgIpc) is 2.26. The number of methoxy groups -OCH3 is 1. The highest BCUT2D eigenvalue weighted by Gasteiger charge is 2.02. The third-order valence-corrected chi connectivity index (χ3v) is 2.96. The van der Waals surface area contributed by atoms with Gasteiger partial charge >= 0.3 is 0 Å². The van der Waals surface area contributed by atoms with E-state index in [1.54, 1.807) is 18.9 Å². The van der Waals surface area contributed by atoms with Crippen molar-refractivity contribution < 1.29 is 4.74 Å². The van der Waals surface area contributed by atoms with Crippen LogP contribution in [0.5, 0.6) is 5.75 Å². The largest absolute Gasteiger partial charge is 0.497 e. The summed E-state index contributed by atoms with van der Waals surface area (Å²) in [4.78, 5) is 1.29. The van der Waals surface area contributed by atoms with Gasteiger partial charge in [0, 0.05) is 4.90 Å². The molecular formula is C11H17NOS. The smallest absolute Gasteiger partial charge is 0.119 e. The molecule has 78 valence electrons. The van der Waals surface area contributed by atoms with Crippen molar-refractivity contribution in [1.29, 1.82) is 0 Å². The Morgan fingerprint density at radius 2 is 2.21 bits per heavy atom. The summed E-state index contributed by atoms with van der Waals surface area (Å²) in [5, 5.41) is 0. The fourth-order valence-electron chi connectivity index (χ4n) is 1.35. The Balaban J connectivity index is 2.82. The Morgan fingerprint density at radius 3 is 2.79 bits per heavy atom. The van der Waals surface area contributed by atoms with Gasteiger partial charge in [0.25, 0.3) is 0 Å². The first kappa shape index (κ1) is 11.4. The molecule has 2 N–H and O–H groups in total. The highest BCUT2D eigenvalue weighted by atomic mass is 32.2. The van der Waals surface area contributed by atoms with Crippen molar-refractivity contribution in [1.82, 2.24) is 0 Å². The maximum atomic E-state index is 5.49. The Hall–Kier alpha value is -0.670. The molecule has 0 atom stereocenters. The Labute approximate surface area is 89.8 Å². The first-order valence-electron chi connectivity index (χ1n) is 4.72. The predicted molar refractivity (Wildman–Crippen MR) is 62.2 cm³/mol. The minimum absolute atomic E-state index is 0.750. The van der Waals surface area contributed by atoms with Crippen LogP contribution in [0.2, 0.25) is 0 Å². The van der Waals surface area contributed by atoms with E-state index >= 15 is 0 Å². The summed E-state index contributed by atoms with van der Waals surface area (Å²) in [6.45, 7) is 0.750. The normalized spacial score (nSPS) is 10.2. The Kier molecular flexibility index (Phi) is 4.84. The quantitative estimate of drug-likeness (QED) is 0.759. The lowest BCUT2D eigenvalue weighted by molar-refractivity contribution is 0.413. The summed E-state index contributed by atoms with van der Waals surface area (Å²) in [6.07, 6.45) is 4.18. The molecule has 0 spiro atoms. The fourth-order valence-corrected chi connectivity index (χ4v) is 2.02. The lowest BCUT2D eigenvalue weighted by Gasteiger charge is -2.08. The van der Waals surface area contributed by atoms with Crippen molar-refractivity contribution in [3.63, 3.8) is 0 Å². The first-order valence-corrected chi connectivity index (χ1v) is 5.95. The highest BCUT2D eigenvalue weighted by Crippen LogP contribution is 2.26. The molecular weight excluding hydrogens is 194 g/mol. The van der Waals surface area contributed by atoms with Gasteiger partial charge in [0.1, 0.15) is 5.75 Å². The molecule has 0 aromatic heterocycles. The van der Waals surface area contributed by atoms with Gasteiger partial charge in [-0.05, 0) is 43.3 Å². The monoisotopic (exact) mass is 211 g/mol. The summed E-state index contributed by atoms with van der Waals surface area (Å²) in [5.74, 6) is 0.922. The molecule has 0 amide bonds. The van der Waals surface area contributed by atoms with Crippen LogP contribution >= 0.6 is 11.8 Å². The van der Waals surface area contributed by atoms with E-state index in [4.69, 9.17) is 10.5 Å². The summed E-state index contributed by atoms with van der Waals surface area (Å²) in [7, 11) is 1.69. The predicted octanol–water partition coefficient (Wildman–Crippen LogP) is 2.31. The van der Waals surface area contributed by atoms with Crippen molar-refractivity contribution >= 4 is 11.8 Å². The minimum Gasteiger partial charge on any atom is -0.497 e. The number of nitrogens with two attached hydrogens (primary N) is 1. The van der Waals surface area contributed by atoms with E-state index < -0.39 is 0 Å². The van der Waals surface area contributed by atoms with Crippen LogP contribution in [0, 0.1) is 0 Å². The molecule has 0 fully saturated rings. The maximum Gasteiger partial charge on any atom is 0.119 e. The second kappa shape index (κ2) is 5.94. The second-order valence-corrected chi connectivity index (χ2v) is 3.92. The molecule has 0 unspecified atom stereocenters. The van der Waals surface area contributed by atoms with Crippen LogP contribution < -0.4 is 10.5 Å². The maximum absolute atomic E-state index is 5.49. The van der Waals surface area contributed by atoms with Crippen LogP contribution in [0.3, 0.4) is 0 Å². The van der Waals surface area contributed by atoms with Crippen molar-refractivity contribution in [3.05, 3.63) is 23.8 Å². The van der Waals surface area contributed by atoms with Gasteiger partial charge < -0.3 is 10.5 Å². The molecule has 0 radical (unpaired) electrons. The second-order valence-electron chi connectivity index (χ2n) is 3.07. The Morgan fingerprint density at radius 1 is 1.43 bits per heavy atom. The summed E-state index contributed by atoms with van der Waals surface area (Å²) in [6, 6.07) is 6.21. The molecule has 0 aliphatic carbocycles. The highest BCUT2D eigenvalue weighted by molar-refractivity contribution is 7.98. The summed E-state index contributed by atoms with van der Waals surface area (Å²) < 4.78 is 5.18. The number of aryl methyl sites for hydroxylation is 1. The molecule has 14 heavy (non-hydrogen) atoms. The zero-order valence-electron chi connectivity index (χ0n) is 8.75. The van der Waals surface area contributed by atoms with E-state index in [0.29, 0.717) is 0 Å². The van der Waals surface area contributed by atoms with Gasteiger partial charge in [0.15, 0.2) is 0 Å². The van der Waals surface area contributed by atoms with Crippen LogP contribution in [0.25, 0.3) is 0 Å². The van der Waals surface area contributed by atoms with Gasteiger partial charge in [-0.25, -0.2) is 0 Å². The molecule has 0 saturated heterocycles. The van der Waals surface area contributed by atoms with Crippen molar-refractivity contribution in [3.8, 4) is 5.75 Å². The average molecular weight is 211 g/mol. The topological polar surface area (TPSA) is 35.2 Å². The molecule has 1 aromatic rings. The van der Waals surface area contributed by atoms with Crippen LogP contribution in [0.15, 0.2) is 23.1 Å². The van der Waals surface area contributed by atoms with E-state index in [1.165, 1.54) is 10.5 Å². The minimum atomic E-state index is 0.750. The number of rotatable bonds is 5. The lowest BCUT2D eigenvalue weighted by atomic mass is 10.1. The molecule has 0 aliphatic rings. The van der Waals surface area contributed by atoms with Gasteiger partial charge in [-0.3, -0.25) is 0 Å². The van der Waals surface area contributed by atoms with E-state index in [2.05, 4.69) is 18.4 Å². The molecule has 1 rings (SSSR count). The van der Waals surface area contributed by atoms with Crippen LogP contribution in [-0.4, -0.2) is 19.9 Å². The first-order chi connectivity index (χ1) is 6.81. The van der Waals surface area contributed by atoms with Crippen LogP contribution in [0.1, 0.15) is 12.0 Å². The molecule has 0 heterocycles. The molecule has 0 bridgehead atoms. The van der Waals surface area contributed by atoms with E-state index in [0.717, 1.165) is 25.1 Å². The van der Waals surface area contributed by atoms with Crippen LogP contribution in [0.4, 0.5) is 0 Å². The van der Waals surface area contributed by atoms with Crippen molar-refractivity contribution in [2.75, 3.05) is 19.9 Å². The number of hydrogen-bond acceptors (Lipinski definition) is 3. The molecule has 0 saturated carbocycles. The van der Waals surface area contributed by atoms with Gasteiger partial charge in [0.2, 0.25) is 0 Å². The van der Waals surface area contributed by atoms with Crippen molar-refractivity contribution in [2.24, 2.45) is 5.73 Å². The lowest BCUT2D eigenvalue weighted by Crippen LogP contribution is -2.01. The number of ether oxygens (including phenoxy) is 1. The van der Waals surface area contributed by atoms with Gasteiger partial charge in [-0.2, -0.15) is 0 Å². The number of hydrogen-bond donors (Lipinski definition) is 1. The molecule has 3 heteroatoms. The van der Waals surface area contributed by atoms with E-state index in [9.17, 15) is 0 Å². The Bertz CT molecular complexity index is 289. The zero-order chi connectivity index (χ0) is 10.4. The molecule has 2 nitrogen and oxygen atoms in total. The van der Waals surface area contributed by atoms with Gasteiger partial charge in [0.05, 0.1) is 7.11 Å². The summed E-state index contributed by atoms with van der Waals surface area (Å²) >= 11 is 1.75. The van der Waals surface area contributed by atoms with Gasteiger partial charge in [-0.1, -0.05) is 6.07 Å². The zero-order valence-corrected chi connectivity index (χ0v) is 9.56. The summed E-state index contributed by atoms with van der Waals surface area (Å²) in [5.41, 5.74) is 6.86.